The second-order valence-electron chi connectivity index (χ2n) is 6.75. The molecule has 1 aromatic heterocycles. The van der Waals surface area contributed by atoms with Crippen LogP contribution in [0.15, 0.2) is 70.4 Å². The second kappa shape index (κ2) is 7.87. The molecule has 148 valence electrons. The number of rotatable bonds is 5. The van der Waals surface area contributed by atoms with Crippen molar-refractivity contribution in [3.63, 3.8) is 0 Å². The fraction of sp³-hybridized carbons (Fsp3) is 0.182. The van der Waals surface area contributed by atoms with Crippen LogP contribution in [0.2, 0.25) is 0 Å². The number of furan rings is 1. The number of hydrogen-bond donors (Lipinski definition) is 0. The van der Waals surface area contributed by atoms with Crippen molar-refractivity contribution in [1.29, 1.82) is 0 Å². The number of nitrogens with zero attached hydrogens (tertiary/aromatic N) is 2. The van der Waals surface area contributed by atoms with Gasteiger partial charge in [-0.1, -0.05) is 29.8 Å². The number of amides is 1. The SMILES string of the molecule is Cc1ccc(C2=NN(C(=O)COc3ccc(F)c(F)c3)[C@H](c3ccco3)C2)cc1. The maximum Gasteiger partial charge on any atom is 0.281 e. The Hall–Kier alpha value is -3.48. The molecule has 0 aliphatic carbocycles. The van der Waals surface area contributed by atoms with Gasteiger partial charge < -0.3 is 9.15 Å². The maximum atomic E-state index is 13.3. The van der Waals surface area contributed by atoms with E-state index in [0.29, 0.717) is 12.2 Å². The molecule has 29 heavy (non-hydrogen) atoms. The number of benzene rings is 2. The molecule has 2 aromatic carbocycles. The van der Waals surface area contributed by atoms with E-state index in [1.165, 1.54) is 11.1 Å². The first-order valence-corrected chi connectivity index (χ1v) is 9.09. The van der Waals surface area contributed by atoms with E-state index in [-0.39, 0.29) is 12.4 Å². The van der Waals surface area contributed by atoms with Crippen molar-refractivity contribution < 1.29 is 22.7 Å². The summed E-state index contributed by atoms with van der Waals surface area (Å²) < 4.78 is 37.2. The van der Waals surface area contributed by atoms with Crippen molar-refractivity contribution in [1.82, 2.24) is 5.01 Å². The van der Waals surface area contributed by atoms with Crippen LogP contribution in [0, 0.1) is 18.6 Å². The molecule has 1 amide bonds. The summed E-state index contributed by atoms with van der Waals surface area (Å²) in [6.07, 6.45) is 2.03. The molecule has 5 nitrogen and oxygen atoms in total. The van der Waals surface area contributed by atoms with Gasteiger partial charge in [-0.3, -0.25) is 4.79 Å². The van der Waals surface area contributed by atoms with Crippen LogP contribution < -0.4 is 4.74 Å². The molecule has 2 heterocycles. The van der Waals surface area contributed by atoms with E-state index < -0.39 is 23.6 Å². The average Bonchev–Trinajstić information content (AvgIpc) is 3.39. The van der Waals surface area contributed by atoms with Crippen LogP contribution in [0.5, 0.6) is 5.75 Å². The van der Waals surface area contributed by atoms with Crippen LogP contribution in [0.4, 0.5) is 8.78 Å². The van der Waals surface area contributed by atoms with Crippen LogP contribution in [-0.4, -0.2) is 23.2 Å². The summed E-state index contributed by atoms with van der Waals surface area (Å²) >= 11 is 0. The summed E-state index contributed by atoms with van der Waals surface area (Å²) in [7, 11) is 0. The van der Waals surface area contributed by atoms with Crippen molar-refractivity contribution in [3.8, 4) is 5.75 Å². The molecule has 4 rings (SSSR count). The molecule has 0 radical (unpaired) electrons. The van der Waals surface area contributed by atoms with E-state index in [0.717, 1.165) is 29.0 Å². The first-order valence-electron chi connectivity index (χ1n) is 9.09. The molecule has 1 aliphatic rings. The highest BCUT2D eigenvalue weighted by Crippen LogP contribution is 2.33. The van der Waals surface area contributed by atoms with E-state index in [1.807, 2.05) is 31.2 Å². The molecule has 0 saturated heterocycles. The number of ether oxygens (including phenoxy) is 1. The average molecular weight is 396 g/mol. The van der Waals surface area contributed by atoms with Crippen molar-refractivity contribution in [2.75, 3.05) is 6.61 Å². The Labute approximate surface area is 166 Å². The highest BCUT2D eigenvalue weighted by Gasteiger charge is 2.35. The largest absolute Gasteiger partial charge is 0.484 e. The molecule has 0 N–H and O–H groups in total. The molecular weight excluding hydrogens is 378 g/mol. The summed E-state index contributed by atoms with van der Waals surface area (Å²) in [5.41, 5.74) is 2.80. The van der Waals surface area contributed by atoms with E-state index >= 15 is 0 Å². The third-order valence-electron chi connectivity index (χ3n) is 4.68. The Morgan fingerprint density at radius 2 is 1.97 bits per heavy atom. The standard InChI is InChI=1S/C22H18F2N2O3/c1-14-4-6-15(7-5-14)19-12-20(21-3-2-10-28-21)26(25-19)22(27)13-29-16-8-9-17(23)18(24)11-16/h2-11,20H,12-13H2,1H3/t20-/m0/s1. The van der Waals surface area contributed by atoms with E-state index in [9.17, 15) is 13.6 Å². The number of hydrogen-bond acceptors (Lipinski definition) is 4. The molecule has 7 heteroatoms. The normalized spacial score (nSPS) is 16.0. The minimum atomic E-state index is -1.04. The van der Waals surface area contributed by atoms with Gasteiger partial charge in [0.2, 0.25) is 0 Å². The molecule has 0 bridgehead atoms. The molecule has 0 fully saturated rings. The summed E-state index contributed by atoms with van der Waals surface area (Å²) in [4.78, 5) is 12.8. The maximum absolute atomic E-state index is 13.3. The highest BCUT2D eigenvalue weighted by molar-refractivity contribution is 6.03. The van der Waals surface area contributed by atoms with Crippen molar-refractivity contribution >= 4 is 11.6 Å². The van der Waals surface area contributed by atoms with Gasteiger partial charge in [-0.2, -0.15) is 5.10 Å². The van der Waals surface area contributed by atoms with Crippen molar-refractivity contribution in [2.45, 2.75) is 19.4 Å². The summed E-state index contributed by atoms with van der Waals surface area (Å²) in [6.45, 7) is 1.63. The second-order valence-corrected chi connectivity index (χ2v) is 6.75. The van der Waals surface area contributed by atoms with Gasteiger partial charge in [-0.05, 0) is 36.8 Å². The Bertz CT molecular complexity index is 1050. The fourth-order valence-corrected chi connectivity index (χ4v) is 3.14. The van der Waals surface area contributed by atoms with Crippen LogP contribution in [0.3, 0.4) is 0 Å². The van der Waals surface area contributed by atoms with Gasteiger partial charge in [-0.15, -0.1) is 0 Å². The molecule has 3 aromatic rings. The van der Waals surface area contributed by atoms with Crippen LogP contribution in [-0.2, 0) is 4.79 Å². The number of hydrazone groups is 1. The lowest BCUT2D eigenvalue weighted by atomic mass is 10.0. The molecule has 0 spiro atoms. The Morgan fingerprint density at radius 3 is 2.66 bits per heavy atom. The summed E-state index contributed by atoms with van der Waals surface area (Å²) in [6, 6.07) is 14.1. The fourth-order valence-electron chi connectivity index (χ4n) is 3.14. The predicted molar refractivity (Wildman–Crippen MR) is 102 cm³/mol. The predicted octanol–water partition coefficient (Wildman–Crippen LogP) is 4.62. The monoisotopic (exact) mass is 396 g/mol. The van der Waals surface area contributed by atoms with Gasteiger partial charge in [0.15, 0.2) is 18.2 Å². The zero-order valence-electron chi connectivity index (χ0n) is 15.6. The Morgan fingerprint density at radius 1 is 1.17 bits per heavy atom. The van der Waals surface area contributed by atoms with Gasteiger partial charge in [0.25, 0.3) is 5.91 Å². The molecule has 0 unspecified atom stereocenters. The zero-order valence-corrected chi connectivity index (χ0v) is 15.6. The van der Waals surface area contributed by atoms with Crippen molar-refractivity contribution in [3.05, 3.63) is 89.4 Å². The minimum Gasteiger partial charge on any atom is -0.484 e. The summed E-state index contributed by atoms with van der Waals surface area (Å²) in [5, 5.41) is 5.82. The third-order valence-corrected chi connectivity index (χ3v) is 4.68. The number of carbonyl (C=O) groups is 1. The van der Waals surface area contributed by atoms with E-state index in [1.54, 1.807) is 18.4 Å². The minimum absolute atomic E-state index is 0.0636. The molecule has 1 aliphatic heterocycles. The van der Waals surface area contributed by atoms with Gasteiger partial charge >= 0.3 is 0 Å². The smallest absolute Gasteiger partial charge is 0.281 e. The lowest BCUT2D eigenvalue weighted by molar-refractivity contribution is -0.135. The van der Waals surface area contributed by atoms with Gasteiger partial charge in [0, 0.05) is 12.5 Å². The highest BCUT2D eigenvalue weighted by atomic mass is 19.2. The molecule has 1 atom stereocenters. The topological polar surface area (TPSA) is 55.0 Å². The molecular formula is C22H18F2N2O3. The summed E-state index contributed by atoms with van der Waals surface area (Å²) in [5.74, 6) is -1.76. The Balaban J connectivity index is 1.54. The molecule has 0 saturated carbocycles. The number of aryl methyl sites for hydroxylation is 1. The van der Waals surface area contributed by atoms with E-state index in [2.05, 4.69) is 5.10 Å². The lowest BCUT2D eigenvalue weighted by Gasteiger charge is -2.20. The first kappa shape index (κ1) is 18.9. The van der Waals surface area contributed by atoms with Crippen LogP contribution in [0.25, 0.3) is 0 Å². The lowest BCUT2D eigenvalue weighted by Crippen LogP contribution is -2.31. The van der Waals surface area contributed by atoms with Gasteiger partial charge in [0.05, 0.1) is 12.0 Å². The third kappa shape index (κ3) is 4.03. The van der Waals surface area contributed by atoms with E-state index in [4.69, 9.17) is 9.15 Å². The van der Waals surface area contributed by atoms with Crippen LogP contribution in [0.1, 0.15) is 29.3 Å². The quantitative estimate of drug-likeness (QED) is 0.632. The van der Waals surface area contributed by atoms with Gasteiger partial charge in [0.1, 0.15) is 17.6 Å². The van der Waals surface area contributed by atoms with Crippen molar-refractivity contribution in [2.24, 2.45) is 5.10 Å². The van der Waals surface area contributed by atoms with Crippen LogP contribution >= 0.6 is 0 Å². The Kier molecular flexibility index (Phi) is 5.12. The zero-order chi connectivity index (χ0) is 20.4. The van der Waals surface area contributed by atoms with Gasteiger partial charge in [-0.25, -0.2) is 13.8 Å². The number of carbonyl (C=O) groups excluding carboxylic acids is 1. The first-order chi connectivity index (χ1) is 14.0. The number of halogens is 2.